The Morgan fingerprint density at radius 1 is 1.10 bits per heavy atom. The average molecular weight is 337 g/mol. The van der Waals surface area contributed by atoms with E-state index in [1.807, 2.05) is 37.4 Å². The summed E-state index contributed by atoms with van der Waals surface area (Å²) in [5.74, 6) is 0. The van der Waals surface area contributed by atoms with Crippen LogP contribution in [-0.2, 0) is 7.05 Å². The van der Waals surface area contributed by atoms with E-state index in [1.54, 1.807) is 0 Å². The number of hydrogen-bond donors (Lipinski definition) is 0. The molecule has 3 aromatic rings. The van der Waals surface area contributed by atoms with Crippen LogP contribution in [0.1, 0.15) is 16.7 Å². The predicted octanol–water partition coefficient (Wildman–Crippen LogP) is 4.98. The summed E-state index contributed by atoms with van der Waals surface area (Å²) in [5.41, 5.74) is 4.08. The Kier molecular flexibility index (Phi) is 3.64. The smallest absolute Gasteiger partial charge is 0.0991 e. The maximum Gasteiger partial charge on any atom is 0.0991 e. The highest BCUT2D eigenvalue weighted by atomic mass is 79.9. The molecular weight excluding hydrogens is 324 g/mol. The first-order valence-electron chi connectivity index (χ1n) is 6.60. The Morgan fingerprint density at radius 2 is 1.86 bits per heavy atom. The van der Waals surface area contributed by atoms with E-state index in [0.29, 0.717) is 5.56 Å². The minimum Gasteiger partial charge on any atom is -0.350 e. The molecule has 0 saturated heterocycles. The molecular formula is C18H13BrN2. The van der Waals surface area contributed by atoms with Crippen molar-refractivity contribution in [1.82, 2.24) is 4.57 Å². The molecule has 0 radical (unpaired) electrons. The Morgan fingerprint density at radius 3 is 2.57 bits per heavy atom. The van der Waals surface area contributed by atoms with Crippen LogP contribution in [-0.4, -0.2) is 4.57 Å². The molecule has 0 atom stereocenters. The van der Waals surface area contributed by atoms with Crippen molar-refractivity contribution in [2.75, 3.05) is 0 Å². The van der Waals surface area contributed by atoms with Crippen LogP contribution in [0.25, 0.3) is 23.1 Å². The zero-order chi connectivity index (χ0) is 14.8. The molecule has 3 heteroatoms. The van der Waals surface area contributed by atoms with Gasteiger partial charge in [0.1, 0.15) is 0 Å². The highest BCUT2D eigenvalue weighted by molar-refractivity contribution is 9.10. The molecule has 0 saturated carbocycles. The average Bonchev–Trinajstić information content (AvgIpc) is 2.82. The van der Waals surface area contributed by atoms with E-state index in [-0.39, 0.29) is 0 Å². The third kappa shape index (κ3) is 2.76. The number of hydrogen-bond acceptors (Lipinski definition) is 1. The zero-order valence-corrected chi connectivity index (χ0v) is 13.1. The number of aryl methyl sites for hydroxylation is 1. The van der Waals surface area contributed by atoms with Gasteiger partial charge in [0, 0.05) is 34.2 Å². The molecule has 0 spiro atoms. The molecule has 1 heterocycles. The van der Waals surface area contributed by atoms with Crippen LogP contribution in [0.2, 0.25) is 0 Å². The summed E-state index contributed by atoms with van der Waals surface area (Å²) in [5, 5.41) is 10.2. The lowest BCUT2D eigenvalue weighted by Crippen LogP contribution is -1.83. The van der Waals surface area contributed by atoms with Crippen molar-refractivity contribution in [2.45, 2.75) is 0 Å². The largest absolute Gasteiger partial charge is 0.350 e. The second kappa shape index (κ2) is 5.59. The van der Waals surface area contributed by atoms with E-state index >= 15 is 0 Å². The fourth-order valence-corrected chi connectivity index (χ4v) is 2.65. The molecule has 0 fully saturated rings. The van der Waals surface area contributed by atoms with E-state index in [1.165, 1.54) is 0 Å². The highest BCUT2D eigenvalue weighted by Crippen LogP contribution is 2.24. The summed E-state index contributed by atoms with van der Waals surface area (Å²) in [7, 11) is 2.02. The molecule has 0 amide bonds. The van der Waals surface area contributed by atoms with Crippen LogP contribution in [0.5, 0.6) is 0 Å². The van der Waals surface area contributed by atoms with Crippen LogP contribution in [0, 0.1) is 11.3 Å². The number of aromatic nitrogens is 1. The summed E-state index contributed by atoms with van der Waals surface area (Å²) in [6.07, 6.45) is 6.26. The molecule has 0 unspecified atom stereocenters. The van der Waals surface area contributed by atoms with Crippen molar-refractivity contribution >= 4 is 39.0 Å². The highest BCUT2D eigenvalue weighted by Gasteiger charge is 2.05. The van der Waals surface area contributed by atoms with Gasteiger partial charge in [0.15, 0.2) is 0 Å². The molecule has 0 aliphatic carbocycles. The summed E-state index contributed by atoms with van der Waals surface area (Å²) in [6, 6.07) is 16.2. The van der Waals surface area contributed by atoms with E-state index in [2.05, 4.69) is 57.0 Å². The second-order valence-electron chi connectivity index (χ2n) is 4.92. The van der Waals surface area contributed by atoms with E-state index in [4.69, 9.17) is 5.26 Å². The van der Waals surface area contributed by atoms with Gasteiger partial charge < -0.3 is 4.57 Å². The van der Waals surface area contributed by atoms with Gasteiger partial charge >= 0.3 is 0 Å². The summed E-state index contributed by atoms with van der Waals surface area (Å²) in [6.45, 7) is 0. The van der Waals surface area contributed by atoms with Gasteiger partial charge in [0.25, 0.3) is 0 Å². The predicted molar refractivity (Wildman–Crippen MR) is 90.7 cm³/mol. The SMILES string of the molecule is Cn1cc(/C=C/c2ccc(Br)cc2)c2cc(C#N)ccc21. The van der Waals surface area contributed by atoms with Crippen molar-refractivity contribution in [3.8, 4) is 6.07 Å². The fourth-order valence-electron chi connectivity index (χ4n) is 2.38. The van der Waals surface area contributed by atoms with Crippen molar-refractivity contribution in [2.24, 2.45) is 7.05 Å². The van der Waals surface area contributed by atoms with E-state index in [0.717, 1.165) is 26.5 Å². The summed E-state index contributed by atoms with van der Waals surface area (Å²) < 4.78 is 3.15. The number of fused-ring (bicyclic) bond motifs is 1. The molecule has 2 nitrogen and oxygen atoms in total. The molecule has 21 heavy (non-hydrogen) atoms. The van der Waals surface area contributed by atoms with Gasteiger partial charge in [-0.1, -0.05) is 40.2 Å². The standard InChI is InChI=1S/C18H13BrN2/c1-21-12-15(6-2-13-3-7-16(19)8-4-13)17-10-14(11-20)5-9-18(17)21/h2-10,12H,1H3/b6-2+. The van der Waals surface area contributed by atoms with Gasteiger partial charge in [-0.25, -0.2) is 0 Å². The van der Waals surface area contributed by atoms with E-state index in [9.17, 15) is 0 Å². The maximum atomic E-state index is 9.05. The maximum absolute atomic E-state index is 9.05. The molecule has 102 valence electrons. The van der Waals surface area contributed by atoms with Gasteiger partial charge in [-0.2, -0.15) is 5.26 Å². The third-order valence-corrected chi connectivity index (χ3v) is 4.00. The lowest BCUT2D eigenvalue weighted by Gasteiger charge is -1.96. The molecule has 0 N–H and O–H groups in total. The van der Waals surface area contributed by atoms with Crippen molar-refractivity contribution in [3.63, 3.8) is 0 Å². The second-order valence-corrected chi connectivity index (χ2v) is 5.84. The number of rotatable bonds is 2. The molecule has 2 aromatic carbocycles. The van der Waals surface area contributed by atoms with Gasteiger partial charge in [0.2, 0.25) is 0 Å². The monoisotopic (exact) mass is 336 g/mol. The molecule has 0 aliphatic heterocycles. The normalized spacial score (nSPS) is 11.1. The minimum atomic E-state index is 0.687. The molecule has 0 aliphatic rings. The number of halogens is 1. The molecule has 3 rings (SSSR count). The fraction of sp³-hybridized carbons (Fsp3) is 0.0556. The Balaban J connectivity index is 2.04. The van der Waals surface area contributed by atoms with Crippen LogP contribution in [0.15, 0.2) is 53.1 Å². The van der Waals surface area contributed by atoms with Gasteiger partial charge in [0.05, 0.1) is 11.6 Å². The topological polar surface area (TPSA) is 28.7 Å². The van der Waals surface area contributed by atoms with E-state index < -0.39 is 0 Å². The first-order valence-corrected chi connectivity index (χ1v) is 7.39. The van der Waals surface area contributed by atoms with Crippen LogP contribution in [0.4, 0.5) is 0 Å². The molecule has 0 bridgehead atoms. The molecule has 1 aromatic heterocycles. The van der Waals surface area contributed by atoms with Crippen molar-refractivity contribution in [1.29, 1.82) is 5.26 Å². The Labute approximate surface area is 132 Å². The number of nitrogens with zero attached hydrogens (tertiary/aromatic N) is 2. The summed E-state index contributed by atoms with van der Waals surface area (Å²) >= 11 is 3.44. The lowest BCUT2D eigenvalue weighted by atomic mass is 10.1. The van der Waals surface area contributed by atoms with Gasteiger partial charge in [-0.05, 0) is 35.9 Å². The summed E-state index contributed by atoms with van der Waals surface area (Å²) in [4.78, 5) is 0. The van der Waals surface area contributed by atoms with Crippen molar-refractivity contribution in [3.05, 3.63) is 69.8 Å². The van der Waals surface area contributed by atoms with Crippen molar-refractivity contribution < 1.29 is 0 Å². The van der Waals surface area contributed by atoms with Crippen LogP contribution >= 0.6 is 15.9 Å². The van der Waals surface area contributed by atoms with Gasteiger partial charge in [-0.15, -0.1) is 0 Å². The Hall–Kier alpha value is -2.31. The first kappa shape index (κ1) is 13.7. The number of benzene rings is 2. The quantitative estimate of drug-likeness (QED) is 0.648. The number of nitriles is 1. The first-order chi connectivity index (χ1) is 10.2. The minimum absolute atomic E-state index is 0.687. The van der Waals surface area contributed by atoms with Crippen LogP contribution in [0.3, 0.4) is 0 Å². The van der Waals surface area contributed by atoms with Gasteiger partial charge in [-0.3, -0.25) is 0 Å². The zero-order valence-electron chi connectivity index (χ0n) is 11.5. The lowest BCUT2D eigenvalue weighted by molar-refractivity contribution is 0.968. The third-order valence-electron chi connectivity index (χ3n) is 3.47. The van der Waals surface area contributed by atoms with Crippen LogP contribution < -0.4 is 0 Å². The Bertz CT molecular complexity index is 865.